The molecule has 0 unspecified atom stereocenters. The van der Waals surface area contributed by atoms with Gasteiger partial charge in [-0.05, 0) is 12.5 Å². The van der Waals surface area contributed by atoms with Gasteiger partial charge in [-0.1, -0.05) is 55.0 Å². The molecule has 0 saturated heterocycles. The van der Waals surface area contributed by atoms with Crippen LogP contribution in [0.15, 0.2) is 22.9 Å². The Balaban J connectivity index is -0.0000000708. The van der Waals surface area contributed by atoms with Crippen molar-refractivity contribution in [1.82, 2.24) is 0 Å². The fourth-order valence-corrected chi connectivity index (χ4v) is 0.214. The Labute approximate surface area is 90.8 Å². The third kappa shape index (κ3) is 67.6. The van der Waals surface area contributed by atoms with Gasteiger partial charge in [-0.2, -0.15) is 10.2 Å². The summed E-state index contributed by atoms with van der Waals surface area (Å²) in [7, 11) is 0. The highest BCUT2D eigenvalue weighted by molar-refractivity contribution is 5.70. The Morgan fingerprint density at radius 2 is 1.36 bits per heavy atom. The Hall–Kier alpha value is -0.920. The lowest BCUT2D eigenvalue weighted by molar-refractivity contribution is 1.22. The van der Waals surface area contributed by atoms with Crippen molar-refractivity contribution < 1.29 is 0 Å². The minimum Gasteiger partial charge on any atom is -0.164 e. The number of hydrogen-bond acceptors (Lipinski definition) is 2. The highest BCUT2D eigenvalue weighted by atomic mass is 15.2. The highest BCUT2D eigenvalue weighted by Crippen LogP contribution is 1.70. The smallest absolute Gasteiger partial charge is 0.0489 e. The van der Waals surface area contributed by atoms with Gasteiger partial charge in [-0.3, -0.25) is 0 Å². The molecule has 2 nitrogen and oxygen atoms in total. The van der Waals surface area contributed by atoms with Crippen molar-refractivity contribution in [2.45, 2.75) is 54.9 Å². The molecule has 0 rings (SSSR count). The standard InChI is InChI=1S/C6H10N2.3C2H6/c1-3-5-7-8-6-4-2;3*1-2/h3,5-6H,1,4H2,2H3;3*1-2H3/b7-5-,8-6-;;;. The molecule has 0 aromatic carbocycles. The van der Waals surface area contributed by atoms with Crippen molar-refractivity contribution in [2.24, 2.45) is 10.2 Å². The molecule has 0 aliphatic heterocycles. The maximum atomic E-state index is 3.65. The lowest BCUT2D eigenvalue weighted by atomic mass is 10.6. The molecule has 0 aromatic heterocycles. The summed E-state index contributed by atoms with van der Waals surface area (Å²) >= 11 is 0. The van der Waals surface area contributed by atoms with Crippen molar-refractivity contribution >= 4 is 12.4 Å². The van der Waals surface area contributed by atoms with Crippen LogP contribution >= 0.6 is 0 Å². The maximum absolute atomic E-state index is 3.65. The fourth-order valence-electron chi connectivity index (χ4n) is 0.214. The first-order valence-corrected chi connectivity index (χ1v) is 5.57. The molecule has 2 heteroatoms. The largest absolute Gasteiger partial charge is 0.164 e. The first-order chi connectivity index (χ1) is 6.91. The van der Waals surface area contributed by atoms with Crippen molar-refractivity contribution in [2.75, 3.05) is 0 Å². The lowest BCUT2D eigenvalue weighted by Gasteiger charge is -1.71. The molecule has 14 heavy (non-hydrogen) atoms. The molecule has 0 aliphatic rings. The molecule has 0 radical (unpaired) electrons. The molecule has 0 fully saturated rings. The van der Waals surface area contributed by atoms with Crippen LogP contribution in [0.1, 0.15) is 54.9 Å². The van der Waals surface area contributed by atoms with Gasteiger partial charge in [0.15, 0.2) is 0 Å². The van der Waals surface area contributed by atoms with Gasteiger partial charge in [0, 0.05) is 12.4 Å². The Bertz CT molecular complexity index is 105. The second-order valence-corrected chi connectivity index (χ2v) is 1.21. The van der Waals surface area contributed by atoms with Gasteiger partial charge in [0.1, 0.15) is 0 Å². The average Bonchev–Trinajstić information content (AvgIpc) is 2.33. The van der Waals surface area contributed by atoms with Crippen LogP contribution in [0.5, 0.6) is 0 Å². The Kier molecular flexibility index (Phi) is 95.0. The summed E-state index contributed by atoms with van der Waals surface area (Å²) < 4.78 is 0. The molecule has 0 N–H and O–H groups in total. The third-order valence-corrected chi connectivity index (χ3v) is 0.503. The predicted octanol–water partition coefficient (Wildman–Crippen LogP) is 4.72. The monoisotopic (exact) mass is 200 g/mol. The van der Waals surface area contributed by atoms with Crippen LogP contribution in [-0.4, -0.2) is 12.4 Å². The summed E-state index contributed by atoms with van der Waals surface area (Å²) in [5, 5.41) is 7.26. The molecule has 0 amide bonds. The van der Waals surface area contributed by atoms with Gasteiger partial charge in [-0.15, -0.1) is 0 Å². The Morgan fingerprint density at radius 3 is 1.64 bits per heavy atom. The topological polar surface area (TPSA) is 24.7 Å². The zero-order chi connectivity index (χ0) is 12.2. The van der Waals surface area contributed by atoms with E-state index in [0.29, 0.717) is 0 Å². The van der Waals surface area contributed by atoms with E-state index in [1.54, 1.807) is 18.5 Å². The fraction of sp³-hybridized carbons (Fsp3) is 0.667. The summed E-state index contributed by atoms with van der Waals surface area (Å²) in [4.78, 5) is 0. The van der Waals surface area contributed by atoms with E-state index in [1.807, 2.05) is 48.5 Å². The zero-order valence-corrected chi connectivity index (χ0v) is 11.0. The highest BCUT2D eigenvalue weighted by Gasteiger charge is 1.60. The summed E-state index contributed by atoms with van der Waals surface area (Å²) in [5.74, 6) is 0. The molecule has 0 saturated carbocycles. The number of allylic oxidation sites excluding steroid dienone is 1. The van der Waals surface area contributed by atoms with E-state index in [0.717, 1.165) is 6.42 Å². The van der Waals surface area contributed by atoms with Crippen LogP contribution in [-0.2, 0) is 0 Å². The molecule has 0 heterocycles. The van der Waals surface area contributed by atoms with Crippen LogP contribution in [0.4, 0.5) is 0 Å². The van der Waals surface area contributed by atoms with E-state index in [9.17, 15) is 0 Å². The third-order valence-electron chi connectivity index (χ3n) is 0.503. The molecule has 0 aliphatic carbocycles. The van der Waals surface area contributed by atoms with Crippen LogP contribution < -0.4 is 0 Å². The van der Waals surface area contributed by atoms with Gasteiger partial charge in [0.2, 0.25) is 0 Å². The average molecular weight is 200 g/mol. The summed E-state index contributed by atoms with van der Waals surface area (Å²) in [5.41, 5.74) is 0. The lowest BCUT2D eigenvalue weighted by Crippen LogP contribution is -1.64. The van der Waals surface area contributed by atoms with E-state index in [4.69, 9.17) is 0 Å². The second-order valence-electron chi connectivity index (χ2n) is 1.21. The molecule has 0 spiro atoms. The first kappa shape index (κ1) is 23.2. The van der Waals surface area contributed by atoms with Gasteiger partial charge in [0.25, 0.3) is 0 Å². The molecule has 0 aromatic rings. The molecule has 86 valence electrons. The van der Waals surface area contributed by atoms with Crippen molar-refractivity contribution in [3.05, 3.63) is 12.7 Å². The second kappa shape index (κ2) is 57.5. The van der Waals surface area contributed by atoms with Crippen LogP contribution in [0.2, 0.25) is 0 Å². The van der Waals surface area contributed by atoms with Crippen LogP contribution in [0, 0.1) is 0 Å². The maximum Gasteiger partial charge on any atom is 0.0489 e. The predicted molar refractivity (Wildman–Crippen MR) is 71.5 cm³/mol. The minimum absolute atomic E-state index is 0.925. The van der Waals surface area contributed by atoms with Crippen molar-refractivity contribution in [3.63, 3.8) is 0 Å². The minimum atomic E-state index is 0.925. The summed E-state index contributed by atoms with van der Waals surface area (Å²) in [6.07, 6.45) is 5.80. The van der Waals surface area contributed by atoms with Crippen molar-refractivity contribution in [3.8, 4) is 0 Å². The summed E-state index contributed by atoms with van der Waals surface area (Å²) in [6.45, 7) is 17.4. The number of hydrogen-bond donors (Lipinski definition) is 0. The molecule has 0 atom stereocenters. The molecule has 0 bridgehead atoms. The number of rotatable bonds is 3. The van der Waals surface area contributed by atoms with Crippen LogP contribution in [0.3, 0.4) is 0 Å². The molecular weight excluding hydrogens is 172 g/mol. The van der Waals surface area contributed by atoms with Gasteiger partial charge >= 0.3 is 0 Å². The van der Waals surface area contributed by atoms with E-state index in [2.05, 4.69) is 16.8 Å². The quantitative estimate of drug-likeness (QED) is 0.465. The first-order valence-electron chi connectivity index (χ1n) is 5.57. The van der Waals surface area contributed by atoms with Gasteiger partial charge < -0.3 is 0 Å². The van der Waals surface area contributed by atoms with Crippen molar-refractivity contribution in [1.29, 1.82) is 0 Å². The molecular formula is C12H28N2. The van der Waals surface area contributed by atoms with Gasteiger partial charge in [0.05, 0.1) is 0 Å². The normalized spacial score (nSPS) is 7.64. The van der Waals surface area contributed by atoms with E-state index < -0.39 is 0 Å². The Morgan fingerprint density at radius 1 is 0.929 bits per heavy atom. The van der Waals surface area contributed by atoms with E-state index >= 15 is 0 Å². The van der Waals surface area contributed by atoms with E-state index in [-0.39, 0.29) is 0 Å². The van der Waals surface area contributed by atoms with E-state index in [1.165, 1.54) is 0 Å². The zero-order valence-electron chi connectivity index (χ0n) is 11.0. The number of nitrogens with zero attached hydrogens (tertiary/aromatic N) is 2. The van der Waals surface area contributed by atoms with Crippen LogP contribution in [0.25, 0.3) is 0 Å². The van der Waals surface area contributed by atoms with Gasteiger partial charge in [-0.25, -0.2) is 0 Å². The summed E-state index contributed by atoms with van der Waals surface area (Å²) in [6, 6.07) is 0. The SMILES string of the molecule is C=C/C=N\N=C/CC.CC.CC.CC.